The van der Waals surface area contributed by atoms with Crippen molar-refractivity contribution < 1.29 is 23.1 Å². The van der Waals surface area contributed by atoms with Gasteiger partial charge in [0.2, 0.25) is 0 Å². The minimum Gasteiger partial charge on any atom is -0.497 e. The maximum absolute atomic E-state index is 13.0. The first-order valence-corrected chi connectivity index (χ1v) is 7.92. The van der Waals surface area contributed by atoms with Gasteiger partial charge >= 0.3 is 11.6 Å². The molecule has 0 radical (unpaired) electrons. The highest BCUT2D eigenvalue weighted by molar-refractivity contribution is 5.80. The van der Waals surface area contributed by atoms with Crippen molar-refractivity contribution in [1.82, 2.24) is 0 Å². The lowest BCUT2D eigenvalue weighted by Crippen LogP contribution is -2.29. The van der Waals surface area contributed by atoms with Gasteiger partial charge in [-0.15, -0.1) is 0 Å². The van der Waals surface area contributed by atoms with Crippen LogP contribution in [-0.4, -0.2) is 13.1 Å². The van der Waals surface area contributed by atoms with Gasteiger partial charge in [-0.1, -0.05) is 0 Å². The predicted octanol–water partition coefficient (Wildman–Crippen LogP) is 2.50. The van der Waals surface area contributed by atoms with E-state index in [0.717, 1.165) is 0 Å². The van der Waals surface area contributed by atoms with Crippen LogP contribution in [0.4, 0.5) is 0 Å². The van der Waals surface area contributed by atoms with Gasteiger partial charge in [0, 0.05) is 17.5 Å². The molecule has 0 aliphatic carbocycles. The average molecular weight is 354 g/mol. The van der Waals surface area contributed by atoms with Crippen molar-refractivity contribution in [3.05, 3.63) is 68.1 Å². The third-order valence-corrected chi connectivity index (χ3v) is 4.40. The van der Waals surface area contributed by atoms with E-state index in [0.29, 0.717) is 22.5 Å². The zero-order chi connectivity index (χ0) is 18.4. The molecule has 7 nitrogen and oxygen atoms in total. The van der Waals surface area contributed by atoms with Crippen LogP contribution in [0.3, 0.4) is 0 Å². The first-order chi connectivity index (χ1) is 12.5. The minimum atomic E-state index is -0.796. The van der Waals surface area contributed by atoms with Gasteiger partial charge in [0.25, 0.3) is 0 Å². The lowest BCUT2D eigenvalue weighted by molar-refractivity contribution is -0.135. The maximum atomic E-state index is 13.0. The highest BCUT2D eigenvalue weighted by Gasteiger charge is 2.34. The van der Waals surface area contributed by atoms with E-state index < -0.39 is 17.5 Å². The molecule has 3 aromatic rings. The van der Waals surface area contributed by atoms with Gasteiger partial charge < -0.3 is 18.3 Å². The summed E-state index contributed by atoms with van der Waals surface area (Å²) in [5, 5.41) is 0.304. The van der Waals surface area contributed by atoms with Gasteiger partial charge in [-0.2, -0.15) is 0 Å². The zero-order valence-electron chi connectivity index (χ0n) is 14.0. The van der Waals surface area contributed by atoms with E-state index in [1.54, 1.807) is 25.1 Å². The molecule has 26 heavy (non-hydrogen) atoms. The van der Waals surface area contributed by atoms with Crippen LogP contribution >= 0.6 is 0 Å². The molecule has 0 fully saturated rings. The Morgan fingerprint density at radius 1 is 1.15 bits per heavy atom. The van der Waals surface area contributed by atoms with Crippen LogP contribution in [0, 0.1) is 6.92 Å². The number of carbonyl (C=O) groups is 1. The van der Waals surface area contributed by atoms with Crippen molar-refractivity contribution in [3.63, 3.8) is 0 Å². The molecule has 0 amide bonds. The smallest absolute Gasteiger partial charge is 0.343 e. The Kier molecular flexibility index (Phi) is 3.64. The summed E-state index contributed by atoms with van der Waals surface area (Å²) in [7, 11) is 1.49. The van der Waals surface area contributed by atoms with Gasteiger partial charge in [-0.3, -0.25) is 9.59 Å². The number of methoxy groups -OCH3 is 1. The number of hydrogen-bond donors (Lipinski definition) is 0. The summed E-state index contributed by atoms with van der Waals surface area (Å²) in [6.07, 6.45) is 1.13. The summed E-state index contributed by atoms with van der Waals surface area (Å²) in [5.41, 5.74) is -0.253. The van der Waals surface area contributed by atoms with Gasteiger partial charge in [-0.25, -0.2) is 4.79 Å². The van der Waals surface area contributed by atoms with E-state index in [2.05, 4.69) is 0 Å². The molecule has 1 aromatic carbocycles. The van der Waals surface area contributed by atoms with E-state index in [1.807, 2.05) is 0 Å². The quantitative estimate of drug-likeness (QED) is 0.652. The van der Waals surface area contributed by atoms with Crippen molar-refractivity contribution >= 4 is 16.9 Å². The molecule has 3 heterocycles. The fourth-order valence-corrected chi connectivity index (χ4v) is 3.18. The third-order valence-electron chi connectivity index (χ3n) is 4.40. The number of fused-ring (bicyclic) bond motifs is 2. The topological polar surface area (TPSA) is 95.9 Å². The average Bonchev–Trinajstić information content (AvgIpc) is 2.60. The monoisotopic (exact) mass is 354 g/mol. The van der Waals surface area contributed by atoms with E-state index in [-0.39, 0.29) is 28.7 Å². The number of hydrogen-bond acceptors (Lipinski definition) is 7. The summed E-state index contributed by atoms with van der Waals surface area (Å²) < 4.78 is 21.0. The first kappa shape index (κ1) is 16.1. The second-order valence-electron chi connectivity index (χ2n) is 6.04. The Labute approximate surface area is 146 Å². The van der Waals surface area contributed by atoms with Crippen molar-refractivity contribution in [1.29, 1.82) is 0 Å². The van der Waals surface area contributed by atoms with Crippen LogP contribution in [0.5, 0.6) is 11.5 Å². The normalized spacial score (nSPS) is 16.2. The summed E-state index contributed by atoms with van der Waals surface area (Å²) >= 11 is 0. The highest BCUT2D eigenvalue weighted by Crippen LogP contribution is 2.36. The number of esters is 1. The van der Waals surface area contributed by atoms with Gasteiger partial charge in [-0.05, 0) is 25.1 Å². The fourth-order valence-electron chi connectivity index (χ4n) is 3.18. The number of carbonyl (C=O) groups excluding carboxylic acids is 1. The molecule has 0 saturated carbocycles. The predicted molar refractivity (Wildman–Crippen MR) is 90.8 cm³/mol. The Bertz CT molecular complexity index is 1150. The number of rotatable bonds is 2. The lowest BCUT2D eigenvalue weighted by Gasteiger charge is -2.22. The lowest BCUT2D eigenvalue weighted by atomic mass is 9.87. The second kappa shape index (κ2) is 5.87. The van der Waals surface area contributed by atoms with Crippen LogP contribution < -0.4 is 20.5 Å². The van der Waals surface area contributed by atoms with Crippen LogP contribution in [0.1, 0.15) is 29.2 Å². The largest absolute Gasteiger partial charge is 0.497 e. The van der Waals surface area contributed by atoms with E-state index in [9.17, 15) is 14.4 Å². The van der Waals surface area contributed by atoms with Crippen molar-refractivity contribution in [2.24, 2.45) is 0 Å². The molecule has 132 valence electrons. The van der Waals surface area contributed by atoms with Crippen LogP contribution in [0.15, 0.2) is 49.0 Å². The fraction of sp³-hybridized carbons (Fsp3) is 0.211. The Morgan fingerprint density at radius 2 is 1.96 bits per heavy atom. The van der Waals surface area contributed by atoms with Gasteiger partial charge in [0.1, 0.15) is 22.8 Å². The molecule has 0 unspecified atom stereocenters. The molecule has 2 aromatic heterocycles. The summed E-state index contributed by atoms with van der Waals surface area (Å²) in [5.74, 6) is -0.393. The second-order valence-corrected chi connectivity index (χ2v) is 6.04. The number of ether oxygens (including phenoxy) is 2. The van der Waals surface area contributed by atoms with Crippen molar-refractivity contribution in [2.75, 3.05) is 7.11 Å². The van der Waals surface area contributed by atoms with E-state index in [1.165, 1.54) is 19.4 Å². The van der Waals surface area contributed by atoms with Crippen LogP contribution in [0.25, 0.3) is 11.0 Å². The summed E-state index contributed by atoms with van der Waals surface area (Å²) in [6.45, 7) is 1.58. The standard InChI is InChI=1S/C19H14O7/c1-9-5-15-17(19(22)25-9)11(7-16(20)26-15)13-8-24-14-4-3-10(23-2)6-12(14)18(13)21/h3-6,8,11H,7H2,1-2H3/t11-/m0/s1. The molecule has 0 saturated heterocycles. The zero-order valence-corrected chi connectivity index (χ0v) is 14.0. The van der Waals surface area contributed by atoms with Gasteiger partial charge in [0.05, 0.1) is 30.7 Å². The maximum Gasteiger partial charge on any atom is 0.343 e. The number of benzene rings is 1. The van der Waals surface area contributed by atoms with E-state index >= 15 is 0 Å². The Balaban J connectivity index is 1.97. The number of aryl methyl sites for hydroxylation is 1. The molecule has 0 N–H and O–H groups in total. The third kappa shape index (κ3) is 2.48. The molecule has 0 spiro atoms. The SMILES string of the molecule is COc1ccc2occ([C@@H]3CC(=O)Oc4cc(C)oc(=O)c43)c(=O)c2c1. The molecule has 0 bridgehead atoms. The van der Waals surface area contributed by atoms with Gasteiger partial charge in [0.15, 0.2) is 5.43 Å². The molecular weight excluding hydrogens is 340 g/mol. The Morgan fingerprint density at radius 3 is 2.73 bits per heavy atom. The molecule has 1 aliphatic heterocycles. The highest BCUT2D eigenvalue weighted by atomic mass is 16.5. The van der Waals surface area contributed by atoms with Crippen molar-refractivity contribution in [2.45, 2.75) is 19.3 Å². The van der Waals surface area contributed by atoms with Crippen molar-refractivity contribution in [3.8, 4) is 11.5 Å². The molecule has 1 atom stereocenters. The molecular formula is C19H14O7. The van der Waals surface area contributed by atoms with Crippen LogP contribution in [0.2, 0.25) is 0 Å². The molecule has 1 aliphatic rings. The molecule has 7 heteroatoms. The van der Waals surface area contributed by atoms with Crippen LogP contribution in [-0.2, 0) is 4.79 Å². The first-order valence-electron chi connectivity index (χ1n) is 7.92. The molecule has 4 rings (SSSR count). The summed E-state index contributed by atoms with van der Waals surface area (Å²) in [6, 6.07) is 6.33. The van der Waals surface area contributed by atoms with E-state index in [4.69, 9.17) is 18.3 Å². The Hall–Kier alpha value is -3.35. The summed E-state index contributed by atoms with van der Waals surface area (Å²) in [4.78, 5) is 37.3. The minimum absolute atomic E-state index is 0.116.